The van der Waals surface area contributed by atoms with E-state index in [4.69, 9.17) is 9.88 Å². The second kappa shape index (κ2) is 5.42. The summed E-state index contributed by atoms with van der Waals surface area (Å²) in [6.07, 6.45) is -2.59. The highest BCUT2D eigenvalue weighted by atomic mass is 32.2. The quantitative estimate of drug-likeness (QED) is 0.926. The van der Waals surface area contributed by atoms with Crippen molar-refractivity contribution in [2.24, 2.45) is 5.14 Å². The van der Waals surface area contributed by atoms with Gasteiger partial charge < -0.3 is 4.74 Å². The Balaban J connectivity index is 3.26. The van der Waals surface area contributed by atoms with Crippen LogP contribution >= 0.6 is 0 Å². The molecule has 0 unspecified atom stereocenters. The van der Waals surface area contributed by atoms with Crippen LogP contribution < -0.4 is 9.88 Å². The number of rotatable bonds is 4. The van der Waals surface area contributed by atoms with E-state index in [9.17, 15) is 17.2 Å². The maximum atomic E-state index is 12.2. The standard InChI is InChI=1S/C12H17F2NO3S/c1-12(2,3)9-6-8(19(15,16)17)4-5-10(9)18-7-11(13)14/h4-6,11H,7H2,1-3H3,(H2,15,16,17). The lowest BCUT2D eigenvalue weighted by Crippen LogP contribution is -2.18. The Kier molecular flexibility index (Phi) is 4.52. The SMILES string of the molecule is CC(C)(C)c1cc(S(N)(=O)=O)ccc1OCC(F)F. The van der Waals surface area contributed by atoms with Crippen molar-refractivity contribution in [3.8, 4) is 5.75 Å². The predicted octanol–water partition coefficient (Wildman–Crippen LogP) is 2.28. The minimum atomic E-state index is -3.84. The molecule has 4 nitrogen and oxygen atoms in total. The van der Waals surface area contributed by atoms with Crippen LogP contribution in [-0.4, -0.2) is 21.5 Å². The van der Waals surface area contributed by atoms with Crippen LogP contribution in [0.25, 0.3) is 0 Å². The lowest BCUT2D eigenvalue weighted by molar-refractivity contribution is 0.0809. The molecule has 7 heteroatoms. The van der Waals surface area contributed by atoms with E-state index < -0.39 is 28.5 Å². The summed E-state index contributed by atoms with van der Waals surface area (Å²) in [6, 6.07) is 3.95. The average molecular weight is 293 g/mol. The number of alkyl halides is 2. The highest BCUT2D eigenvalue weighted by molar-refractivity contribution is 7.89. The van der Waals surface area contributed by atoms with Gasteiger partial charge in [-0.25, -0.2) is 22.3 Å². The Morgan fingerprint density at radius 1 is 1.32 bits per heavy atom. The molecule has 0 radical (unpaired) electrons. The molecule has 1 aromatic carbocycles. The van der Waals surface area contributed by atoms with Crippen molar-refractivity contribution in [3.05, 3.63) is 23.8 Å². The number of hydrogen-bond donors (Lipinski definition) is 1. The van der Waals surface area contributed by atoms with Crippen LogP contribution in [0.2, 0.25) is 0 Å². The lowest BCUT2D eigenvalue weighted by Gasteiger charge is -2.23. The summed E-state index contributed by atoms with van der Waals surface area (Å²) in [5.41, 5.74) is 0.0534. The first-order valence-electron chi connectivity index (χ1n) is 5.60. The van der Waals surface area contributed by atoms with Gasteiger partial charge in [-0.2, -0.15) is 0 Å². The van der Waals surface area contributed by atoms with Gasteiger partial charge in [-0.1, -0.05) is 20.8 Å². The van der Waals surface area contributed by atoms with Gasteiger partial charge >= 0.3 is 0 Å². The van der Waals surface area contributed by atoms with Crippen LogP contribution in [0.4, 0.5) is 8.78 Å². The number of benzene rings is 1. The summed E-state index contributed by atoms with van der Waals surface area (Å²) < 4.78 is 52.0. The van der Waals surface area contributed by atoms with Gasteiger partial charge in [-0.15, -0.1) is 0 Å². The predicted molar refractivity (Wildman–Crippen MR) is 68.0 cm³/mol. The first kappa shape index (κ1) is 15.8. The van der Waals surface area contributed by atoms with Crippen molar-refractivity contribution in [2.45, 2.75) is 37.5 Å². The third-order valence-electron chi connectivity index (χ3n) is 2.45. The summed E-state index contributed by atoms with van der Waals surface area (Å²) in [5, 5.41) is 5.05. The molecule has 0 aliphatic carbocycles. The van der Waals surface area contributed by atoms with Crippen molar-refractivity contribution in [1.29, 1.82) is 0 Å². The van der Waals surface area contributed by atoms with Crippen LogP contribution in [0.1, 0.15) is 26.3 Å². The molecule has 0 spiro atoms. The molecule has 0 amide bonds. The zero-order valence-electron chi connectivity index (χ0n) is 11.0. The van der Waals surface area contributed by atoms with Gasteiger partial charge in [0.15, 0.2) is 0 Å². The molecule has 0 atom stereocenters. The van der Waals surface area contributed by atoms with E-state index in [1.807, 2.05) is 20.8 Å². The number of primary sulfonamides is 1. The van der Waals surface area contributed by atoms with Gasteiger partial charge in [-0.05, 0) is 23.6 Å². The minimum Gasteiger partial charge on any atom is -0.487 e. The summed E-state index contributed by atoms with van der Waals surface area (Å²) in [7, 11) is -3.84. The summed E-state index contributed by atoms with van der Waals surface area (Å²) in [6.45, 7) is 4.73. The Hall–Kier alpha value is -1.21. The van der Waals surface area contributed by atoms with Gasteiger partial charge in [0.1, 0.15) is 12.4 Å². The maximum Gasteiger partial charge on any atom is 0.272 e. The molecular formula is C12H17F2NO3S. The lowest BCUT2D eigenvalue weighted by atomic mass is 9.86. The number of sulfonamides is 1. The van der Waals surface area contributed by atoms with Gasteiger partial charge in [-0.3, -0.25) is 0 Å². The largest absolute Gasteiger partial charge is 0.487 e. The fourth-order valence-electron chi connectivity index (χ4n) is 1.55. The molecule has 0 aliphatic rings. The van der Waals surface area contributed by atoms with Crippen molar-refractivity contribution < 1.29 is 21.9 Å². The monoisotopic (exact) mass is 293 g/mol. The number of halogens is 2. The summed E-state index contributed by atoms with van der Waals surface area (Å²) in [4.78, 5) is -0.0678. The number of ether oxygens (including phenoxy) is 1. The smallest absolute Gasteiger partial charge is 0.272 e. The normalized spacial score (nSPS) is 12.8. The fraction of sp³-hybridized carbons (Fsp3) is 0.500. The zero-order chi connectivity index (χ0) is 14.8. The summed E-state index contributed by atoms with van der Waals surface area (Å²) in [5.74, 6) is 0.236. The van der Waals surface area contributed by atoms with E-state index in [0.29, 0.717) is 5.56 Å². The molecule has 0 heterocycles. The maximum absolute atomic E-state index is 12.2. The highest BCUT2D eigenvalue weighted by Crippen LogP contribution is 2.33. The van der Waals surface area contributed by atoms with Gasteiger partial charge in [0, 0.05) is 5.56 Å². The molecule has 0 fully saturated rings. The fourth-order valence-corrected chi connectivity index (χ4v) is 2.09. The number of hydrogen-bond acceptors (Lipinski definition) is 3. The molecule has 1 rings (SSSR count). The van der Waals surface area contributed by atoms with Crippen molar-refractivity contribution >= 4 is 10.0 Å². The third-order valence-corrected chi connectivity index (χ3v) is 3.36. The molecule has 19 heavy (non-hydrogen) atoms. The second-order valence-electron chi connectivity index (χ2n) is 5.16. The van der Waals surface area contributed by atoms with E-state index >= 15 is 0 Å². The summed E-state index contributed by atoms with van der Waals surface area (Å²) >= 11 is 0. The molecule has 0 aliphatic heterocycles. The van der Waals surface area contributed by atoms with Crippen molar-refractivity contribution in [3.63, 3.8) is 0 Å². The van der Waals surface area contributed by atoms with Crippen LogP contribution in [0.15, 0.2) is 23.1 Å². The Bertz CT molecular complexity index is 551. The van der Waals surface area contributed by atoms with Crippen molar-refractivity contribution in [1.82, 2.24) is 0 Å². The molecule has 0 aromatic heterocycles. The first-order valence-corrected chi connectivity index (χ1v) is 7.14. The zero-order valence-corrected chi connectivity index (χ0v) is 11.8. The van der Waals surface area contributed by atoms with Crippen LogP contribution in [0.3, 0.4) is 0 Å². The highest BCUT2D eigenvalue weighted by Gasteiger charge is 2.22. The van der Waals surface area contributed by atoms with E-state index in [1.165, 1.54) is 18.2 Å². The van der Waals surface area contributed by atoms with Crippen LogP contribution in [0, 0.1) is 0 Å². The van der Waals surface area contributed by atoms with Crippen molar-refractivity contribution in [2.75, 3.05) is 6.61 Å². The van der Waals surface area contributed by atoms with E-state index in [-0.39, 0.29) is 10.6 Å². The van der Waals surface area contributed by atoms with Gasteiger partial charge in [0.25, 0.3) is 6.43 Å². The van der Waals surface area contributed by atoms with E-state index in [2.05, 4.69) is 0 Å². The topological polar surface area (TPSA) is 69.4 Å². The third kappa shape index (κ3) is 4.43. The molecule has 0 saturated heterocycles. The Labute approximate surface area is 111 Å². The van der Waals surface area contributed by atoms with E-state index in [0.717, 1.165) is 0 Å². The molecule has 108 valence electrons. The van der Waals surface area contributed by atoms with Gasteiger partial charge in [0.05, 0.1) is 4.90 Å². The van der Waals surface area contributed by atoms with Crippen LogP contribution in [-0.2, 0) is 15.4 Å². The van der Waals surface area contributed by atoms with Gasteiger partial charge in [0.2, 0.25) is 10.0 Å². The Morgan fingerprint density at radius 3 is 2.32 bits per heavy atom. The second-order valence-corrected chi connectivity index (χ2v) is 6.72. The number of nitrogens with two attached hydrogens (primary N) is 1. The molecule has 0 saturated carbocycles. The minimum absolute atomic E-state index is 0.0678. The molecular weight excluding hydrogens is 276 g/mol. The van der Waals surface area contributed by atoms with Crippen LogP contribution in [0.5, 0.6) is 5.75 Å². The Morgan fingerprint density at radius 2 is 1.89 bits per heavy atom. The van der Waals surface area contributed by atoms with E-state index in [1.54, 1.807) is 0 Å². The molecule has 0 bridgehead atoms. The first-order chi connectivity index (χ1) is 8.51. The molecule has 1 aromatic rings. The molecule has 2 N–H and O–H groups in total. The average Bonchev–Trinajstić information content (AvgIpc) is 2.23.